The fourth-order valence-electron chi connectivity index (χ4n) is 6.02. The lowest BCUT2D eigenvalue weighted by Crippen LogP contribution is -2.51. The smallest absolute Gasteiger partial charge is 0.266 e. The number of carbonyl (C=O) groups is 1. The summed E-state index contributed by atoms with van der Waals surface area (Å²) in [6, 6.07) is 22.8. The van der Waals surface area contributed by atoms with Gasteiger partial charge in [0.25, 0.3) is 11.5 Å². The molecule has 3 N–H and O–H groups in total. The third-order valence-electron chi connectivity index (χ3n) is 8.72. The minimum Gasteiger partial charge on any atom is -0.492 e. The summed E-state index contributed by atoms with van der Waals surface area (Å²) in [5, 5.41) is 4.04. The van der Waals surface area contributed by atoms with Crippen molar-refractivity contribution in [3.8, 4) is 17.2 Å². The summed E-state index contributed by atoms with van der Waals surface area (Å²) in [5.41, 5.74) is 7.94. The quantitative estimate of drug-likeness (QED) is 0.170. The number of piperazine rings is 1. The maximum absolute atomic E-state index is 13.9. The lowest BCUT2D eigenvalue weighted by Gasteiger charge is -2.38. The van der Waals surface area contributed by atoms with E-state index in [9.17, 15) is 9.59 Å². The molecule has 1 aromatic heterocycles. The Morgan fingerprint density at radius 1 is 0.915 bits per heavy atom. The molecule has 0 saturated carbocycles. The van der Waals surface area contributed by atoms with Gasteiger partial charge in [0, 0.05) is 32.7 Å². The number of fused-ring (bicyclic) bond motifs is 1. The molecule has 0 spiro atoms. The van der Waals surface area contributed by atoms with Crippen molar-refractivity contribution in [1.82, 2.24) is 24.7 Å². The Kier molecular flexibility index (Phi) is 12.4. The Labute approximate surface area is 277 Å². The third-order valence-corrected chi connectivity index (χ3v) is 8.72. The van der Waals surface area contributed by atoms with E-state index in [-0.39, 0.29) is 24.1 Å². The maximum atomic E-state index is 13.9. The number of para-hydroxylation sites is 3. The van der Waals surface area contributed by atoms with Crippen molar-refractivity contribution in [3.05, 3.63) is 94.5 Å². The van der Waals surface area contributed by atoms with Crippen molar-refractivity contribution in [1.29, 1.82) is 0 Å². The third kappa shape index (κ3) is 8.77. The summed E-state index contributed by atoms with van der Waals surface area (Å²) in [6.07, 6.45) is 4.64. The molecule has 47 heavy (non-hydrogen) atoms. The van der Waals surface area contributed by atoms with Crippen LogP contribution in [0.1, 0.15) is 57.0 Å². The van der Waals surface area contributed by atoms with Crippen LogP contribution in [0, 0.1) is 0 Å². The molecular weight excluding hydrogens is 592 g/mol. The molecule has 1 saturated heterocycles. The number of hydrogen-bond donors (Lipinski definition) is 2. The van der Waals surface area contributed by atoms with Gasteiger partial charge in [-0.25, -0.2) is 4.98 Å². The van der Waals surface area contributed by atoms with Crippen molar-refractivity contribution in [2.75, 3.05) is 52.5 Å². The highest BCUT2D eigenvalue weighted by molar-refractivity contribution is 5.78. The topological polar surface area (TPSA) is 115 Å². The van der Waals surface area contributed by atoms with E-state index in [2.05, 4.69) is 17.1 Å². The Balaban J connectivity index is 1.17. The molecule has 0 radical (unpaired) electrons. The zero-order valence-electron chi connectivity index (χ0n) is 27.7. The standard InChI is InChI=1S/C37H48N6O4/c1-3-46-34-15-9-8-14-33(34)43-36(40-32-13-7-6-12-31(32)37(43)45)28(2)41-22-24-42(25-23-41)35(44)27-47-30-18-16-29(17-19-30)26-39-21-11-5-4-10-20-38/h6-9,12-19,28,39H,3-5,10-11,20-27,38H2,1-2H3. The van der Waals surface area contributed by atoms with E-state index < -0.39 is 0 Å². The number of benzene rings is 3. The largest absolute Gasteiger partial charge is 0.492 e. The molecule has 4 aromatic rings. The fourth-order valence-corrected chi connectivity index (χ4v) is 6.02. The Morgan fingerprint density at radius 3 is 2.40 bits per heavy atom. The van der Waals surface area contributed by atoms with Crippen LogP contribution < -0.4 is 26.1 Å². The van der Waals surface area contributed by atoms with E-state index >= 15 is 0 Å². The summed E-state index contributed by atoms with van der Waals surface area (Å²) in [7, 11) is 0. The summed E-state index contributed by atoms with van der Waals surface area (Å²) in [6.45, 7) is 9.48. The number of aromatic nitrogens is 2. The number of carbonyl (C=O) groups excluding carboxylic acids is 1. The average molecular weight is 641 g/mol. The number of amides is 1. The minimum absolute atomic E-state index is 0.00403. The first-order valence-electron chi connectivity index (χ1n) is 16.9. The van der Waals surface area contributed by atoms with Gasteiger partial charge in [-0.15, -0.1) is 0 Å². The zero-order chi connectivity index (χ0) is 33.0. The van der Waals surface area contributed by atoms with E-state index in [1.165, 1.54) is 18.4 Å². The summed E-state index contributed by atoms with van der Waals surface area (Å²) in [4.78, 5) is 36.1. The van der Waals surface area contributed by atoms with E-state index in [1.54, 1.807) is 4.57 Å². The van der Waals surface area contributed by atoms with E-state index in [0.717, 1.165) is 32.5 Å². The molecule has 2 heterocycles. The van der Waals surface area contributed by atoms with E-state index in [1.807, 2.05) is 84.6 Å². The first-order valence-corrected chi connectivity index (χ1v) is 16.9. The van der Waals surface area contributed by atoms with Crippen LogP contribution in [0.25, 0.3) is 16.6 Å². The van der Waals surface area contributed by atoms with Crippen molar-refractivity contribution in [2.45, 2.75) is 52.1 Å². The van der Waals surface area contributed by atoms with Crippen molar-refractivity contribution < 1.29 is 14.3 Å². The number of rotatable bonds is 16. The van der Waals surface area contributed by atoms with Crippen LogP contribution in [-0.4, -0.2) is 77.7 Å². The number of nitrogens with two attached hydrogens (primary N) is 1. The molecule has 10 heteroatoms. The normalized spacial score (nSPS) is 14.3. The van der Waals surface area contributed by atoms with Crippen LogP contribution in [0.3, 0.4) is 0 Å². The molecule has 1 aliphatic rings. The number of unbranched alkanes of at least 4 members (excludes halogenated alkanes) is 3. The van der Waals surface area contributed by atoms with Gasteiger partial charge >= 0.3 is 0 Å². The first-order chi connectivity index (χ1) is 23.0. The lowest BCUT2D eigenvalue weighted by atomic mass is 10.1. The van der Waals surface area contributed by atoms with Gasteiger partial charge in [0.05, 0.1) is 29.2 Å². The Hall–Kier alpha value is -4.25. The lowest BCUT2D eigenvalue weighted by molar-refractivity contribution is -0.135. The Bertz CT molecular complexity index is 1650. The summed E-state index contributed by atoms with van der Waals surface area (Å²) in [5.74, 6) is 1.92. The molecule has 1 aliphatic heterocycles. The number of nitrogens with one attached hydrogen (secondary N) is 1. The van der Waals surface area contributed by atoms with Crippen LogP contribution in [0.2, 0.25) is 0 Å². The first kappa shape index (κ1) is 34.1. The zero-order valence-corrected chi connectivity index (χ0v) is 27.7. The molecule has 0 aliphatic carbocycles. The second-order valence-corrected chi connectivity index (χ2v) is 11.9. The molecule has 250 valence electrons. The van der Waals surface area contributed by atoms with Gasteiger partial charge < -0.3 is 25.4 Å². The highest BCUT2D eigenvalue weighted by Crippen LogP contribution is 2.28. The van der Waals surface area contributed by atoms with Crippen molar-refractivity contribution in [2.24, 2.45) is 5.73 Å². The summed E-state index contributed by atoms with van der Waals surface area (Å²) < 4.78 is 13.5. The van der Waals surface area contributed by atoms with Gasteiger partial charge in [-0.1, -0.05) is 49.2 Å². The molecule has 3 aromatic carbocycles. The van der Waals surface area contributed by atoms with Crippen LogP contribution in [-0.2, 0) is 11.3 Å². The average Bonchev–Trinajstić information content (AvgIpc) is 3.11. The molecule has 1 amide bonds. The number of hydrogen-bond acceptors (Lipinski definition) is 8. The molecular formula is C37H48N6O4. The summed E-state index contributed by atoms with van der Waals surface area (Å²) >= 11 is 0. The van der Waals surface area contributed by atoms with Gasteiger partial charge in [-0.2, -0.15) is 0 Å². The highest BCUT2D eigenvalue weighted by Gasteiger charge is 2.29. The molecule has 1 unspecified atom stereocenters. The fraction of sp³-hybridized carbons (Fsp3) is 0.432. The van der Waals surface area contributed by atoms with Gasteiger partial charge in [-0.3, -0.25) is 19.1 Å². The van der Waals surface area contributed by atoms with Gasteiger partial charge in [-0.05, 0) is 81.7 Å². The second-order valence-electron chi connectivity index (χ2n) is 11.9. The van der Waals surface area contributed by atoms with Crippen molar-refractivity contribution in [3.63, 3.8) is 0 Å². The second kappa shape index (κ2) is 17.1. The molecule has 10 nitrogen and oxygen atoms in total. The molecule has 1 fully saturated rings. The van der Waals surface area contributed by atoms with Crippen LogP contribution in [0.5, 0.6) is 11.5 Å². The van der Waals surface area contributed by atoms with Crippen molar-refractivity contribution >= 4 is 16.8 Å². The minimum atomic E-state index is -0.181. The molecule has 5 rings (SSSR count). The molecule has 0 bridgehead atoms. The van der Waals surface area contributed by atoms with E-state index in [4.69, 9.17) is 20.2 Å². The predicted molar refractivity (Wildman–Crippen MR) is 186 cm³/mol. The Morgan fingerprint density at radius 2 is 1.64 bits per heavy atom. The number of nitrogens with zero attached hydrogens (tertiary/aromatic N) is 4. The maximum Gasteiger partial charge on any atom is 0.266 e. The van der Waals surface area contributed by atoms with Crippen LogP contribution in [0.4, 0.5) is 0 Å². The SMILES string of the molecule is CCOc1ccccc1-n1c(C(C)N2CCN(C(=O)COc3ccc(CNCCCCCCN)cc3)CC2)nc2ccccc2c1=O. The molecule has 1 atom stereocenters. The van der Waals surface area contributed by atoms with E-state index in [0.29, 0.717) is 66.7 Å². The van der Waals surface area contributed by atoms with Crippen LogP contribution in [0.15, 0.2) is 77.6 Å². The highest BCUT2D eigenvalue weighted by atomic mass is 16.5. The van der Waals surface area contributed by atoms with Gasteiger partial charge in [0.1, 0.15) is 17.3 Å². The van der Waals surface area contributed by atoms with Gasteiger partial charge in [0.15, 0.2) is 6.61 Å². The van der Waals surface area contributed by atoms with Crippen LogP contribution >= 0.6 is 0 Å². The predicted octanol–water partition coefficient (Wildman–Crippen LogP) is 4.68. The number of ether oxygens (including phenoxy) is 2. The monoisotopic (exact) mass is 640 g/mol. The van der Waals surface area contributed by atoms with Gasteiger partial charge in [0.2, 0.25) is 0 Å².